The largest absolute Gasteiger partial charge is 0.319 e. The fourth-order valence-corrected chi connectivity index (χ4v) is 3.45. The number of amides is 1. The zero-order valence-electron chi connectivity index (χ0n) is 11.0. The Balaban J connectivity index is 1.75. The number of carbonyl (C=O) groups excluding carboxylic acids is 1. The lowest BCUT2D eigenvalue weighted by molar-refractivity contribution is -0.123. The van der Waals surface area contributed by atoms with Crippen molar-refractivity contribution >= 4 is 17.7 Å². The molecule has 4 heteroatoms. The molecule has 0 radical (unpaired) electrons. The molecule has 2 unspecified atom stereocenters. The third-order valence-electron chi connectivity index (χ3n) is 3.71. The number of hydrogen-bond donors (Lipinski definition) is 2. The van der Waals surface area contributed by atoms with E-state index in [0.717, 1.165) is 24.4 Å². The first kappa shape index (κ1) is 12.8. The minimum absolute atomic E-state index is 0.00239. The Morgan fingerprint density at radius 1 is 1.42 bits per heavy atom. The molecule has 2 N–H and O–H groups in total. The molecule has 1 fully saturated rings. The van der Waals surface area contributed by atoms with Crippen molar-refractivity contribution in [3.05, 3.63) is 40.9 Å². The molecule has 2 atom stereocenters. The molecule has 3 nitrogen and oxygen atoms in total. The Morgan fingerprint density at radius 3 is 2.95 bits per heavy atom. The van der Waals surface area contributed by atoms with Gasteiger partial charge in [0.1, 0.15) is 0 Å². The smallest absolute Gasteiger partial charge is 0.241 e. The summed E-state index contributed by atoms with van der Waals surface area (Å²) in [7, 11) is 0. The third-order valence-corrected chi connectivity index (χ3v) is 4.79. The van der Waals surface area contributed by atoms with Gasteiger partial charge >= 0.3 is 0 Å². The number of benzene rings is 1. The van der Waals surface area contributed by atoms with E-state index >= 15 is 0 Å². The molecule has 0 saturated carbocycles. The Morgan fingerprint density at radius 2 is 2.21 bits per heavy atom. The van der Waals surface area contributed by atoms with E-state index in [0.29, 0.717) is 5.92 Å². The monoisotopic (exact) mass is 274 g/mol. The van der Waals surface area contributed by atoms with Crippen LogP contribution in [0.1, 0.15) is 31.2 Å². The molecule has 2 aliphatic heterocycles. The number of fused-ring (bicyclic) bond motifs is 1. The molecular weight excluding hydrogens is 256 g/mol. The summed E-state index contributed by atoms with van der Waals surface area (Å²) in [6, 6.07) is 8.44. The van der Waals surface area contributed by atoms with Gasteiger partial charge in [0, 0.05) is 4.90 Å². The van der Waals surface area contributed by atoms with Gasteiger partial charge in [-0.25, -0.2) is 0 Å². The molecule has 0 bridgehead atoms. The molecule has 19 heavy (non-hydrogen) atoms. The fraction of sp³-hybridized carbons (Fsp3) is 0.400. The average molecular weight is 274 g/mol. The minimum atomic E-state index is -0.00239. The van der Waals surface area contributed by atoms with Crippen LogP contribution in [0.25, 0.3) is 0 Å². The maximum absolute atomic E-state index is 12.0. The van der Waals surface area contributed by atoms with Gasteiger partial charge in [-0.3, -0.25) is 4.79 Å². The molecule has 1 aromatic rings. The van der Waals surface area contributed by atoms with Crippen molar-refractivity contribution in [3.8, 4) is 0 Å². The highest BCUT2D eigenvalue weighted by atomic mass is 32.2. The van der Waals surface area contributed by atoms with Gasteiger partial charge in [-0.2, -0.15) is 0 Å². The van der Waals surface area contributed by atoms with Gasteiger partial charge in [0.25, 0.3) is 0 Å². The number of rotatable bonds is 2. The van der Waals surface area contributed by atoms with Crippen molar-refractivity contribution in [2.24, 2.45) is 0 Å². The van der Waals surface area contributed by atoms with Gasteiger partial charge < -0.3 is 10.6 Å². The molecule has 100 valence electrons. The number of nitrogens with one attached hydrogen (secondary N) is 2. The van der Waals surface area contributed by atoms with Crippen LogP contribution in [0.3, 0.4) is 0 Å². The highest BCUT2D eigenvalue weighted by molar-refractivity contribution is 8.03. The lowest BCUT2D eigenvalue weighted by Gasteiger charge is -2.26. The second-order valence-electron chi connectivity index (χ2n) is 5.13. The van der Waals surface area contributed by atoms with E-state index in [-0.39, 0.29) is 11.9 Å². The maximum atomic E-state index is 12.0. The van der Waals surface area contributed by atoms with Crippen LogP contribution in [0.4, 0.5) is 0 Å². The number of carbonyl (C=O) groups is 1. The summed E-state index contributed by atoms with van der Waals surface area (Å²) in [4.78, 5) is 13.2. The first-order valence-corrected chi connectivity index (χ1v) is 7.57. The zero-order chi connectivity index (χ0) is 13.2. The highest BCUT2D eigenvalue weighted by Crippen LogP contribution is 2.37. The van der Waals surface area contributed by atoms with E-state index < -0.39 is 0 Å². The lowest BCUT2D eigenvalue weighted by atomic mass is 9.98. The topological polar surface area (TPSA) is 41.1 Å². The van der Waals surface area contributed by atoms with E-state index in [1.165, 1.54) is 10.5 Å². The first-order chi connectivity index (χ1) is 9.24. The van der Waals surface area contributed by atoms with Gasteiger partial charge in [-0.1, -0.05) is 43.0 Å². The number of allylic oxidation sites excluding steroid dienone is 1. The molecule has 0 spiro atoms. The first-order valence-electron chi connectivity index (χ1n) is 6.75. The standard InChI is InChI=1S/C15H18N2OS/c1-10-6-7-14(17-15(18)12-8-9-16-12)19-13-5-3-2-4-11(10)13/h2-5,7,10,12,16H,6,8-9H2,1H3,(H,17,18). The average Bonchev–Trinajstić information content (AvgIpc) is 2.48. The lowest BCUT2D eigenvalue weighted by Crippen LogP contribution is -2.52. The summed E-state index contributed by atoms with van der Waals surface area (Å²) >= 11 is 1.66. The summed E-state index contributed by atoms with van der Waals surface area (Å²) in [6.45, 7) is 3.18. The molecular formula is C15H18N2OS. The summed E-state index contributed by atoms with van der Waals surface area (Å²) in [5.74, 6) is 0.594. The van der Waals surface area contributed by atoms with Crippen molar-refractivity contribution in [1.82, 2.24) is 10.6 Å². The van der Waals surface area contributed by atoms with Crippen LogP contribution in [0.15, 0.2) is 40.3 Å². The van der Waals surface area contributed by atoms with Gasteiger partial charge in [-0.15, -0.1) is 0 Å². The van der Waals surface area contributed by atoms with Crippen LogP contribution in [-0.4, -0.2) is 18.5 Å². The van der Waals surface area contributed by atoms with Crippen LogP contribution in [-0.2, 0) is 4.79 Å². The quantitative estimate of drug-likeness (QED) is 0.871. The molecule has 2 heterocycles. The molecule has 1 saturated heterocycles. The van der Waals surface area contributed by atoms with Crippen molar-refractivity contribution in [2.75, 3.05) is 6.54 Å². The van der Waals surface area contributed by atoms with Crippen LogP contribution < -0.4 is 10.6 Å². The third kappa shape index (κ3) is 2.69. The highest BCUT2D eigenvalue weighted by Gasteiger charge is 2.25. The molecule has 0 aliphatic carbocycles. The van der Waals surface area contributed by atoms with Gasteiger partial charge in [0.15, 0.2) is 0 Å². The number of hydrogen-bond acceptors (Lipinski definition) is 3. The predicted octanol–water partition coefficient (Wildman–Crippen LogP) is 2.61. The van der Waals surface area contributed by atoms with E-state index in [1.807, 2.05) is 0 Å². The van der Waals surface area contributed by atoms with Gasteiger partial charge in [0.05, 0.1) is 11.1 Å². The van der Waals surface area contributed by atoms with Crippen LogP contribution in [0.2, 0.25) is 0 Å². The van der Waals surface area contributed by atoms with Crippen LogP contribution in [0.5, 0.6) is 0 Å². The molecule has 2 aliphatic rings. The predicted molar refractivity (Wildman–Crippen MR) is 78.0 cm³/mol. The SMILES string of the molecule is CC1CC=C(NC(=O)C2CCN2)Sc2ccccc21. The van der Waals surface area contributed by atoms with E-state index in [4.69, 9.17) is 0 Å². The van der Waals surface area contributed by atoms with E-state index in [1.54, 1.807) is 11.8 Å². The summed E-state index contributed by atoms with van der Waals surface area (Å²) in [5, 5.41) is 7.14. The molecule has 3 rings (SSSR count). The molecule has 1 aromatic carbocycles. The molecule has 0 aromatic heterocycles. The van der Waals surface area contributed by atoms with Crippen molar-refractivity contribution in [3.63, 3.8) is 0 Å². The van der Waals surface area contributed by atoms with Crippen molar-refractivity contribution in [1.29, 1.82) is 0 Å². The summed E-state index contributed by atoms with van der Waals surface area (Å²) in [5.41, 5.74) is 1.37. The summed E-state index contributed by atoms with van der Waals surface area (Å²) in [6.07, 6.45) is 4.06. The Hall–Kier alpha value is -1.26. The van der Waals surface area contributed by atoms with Crippen LogP contribution >= 0.6 is 11.8 Å². The Bertz CT molecular complexity index is 523. The second-order valence-corrected chi connectivity index (χ2v) is 6.21. The zero-order valence-corrected chi connectivity index (χ0v) is 11.8. The Labute approximate surface area is 117 Å². The fourth-order valence-electron chi connectivity index (χ4n) is 2.35. The number of thioether (sulfide) groups is 1. The van der Waals surface area contributed by atoms with E-state index in [9.17, 15) is 4.79 Å². The van der Waals surface area contributed by atoms with Gasteiger partial charge in [0.2, 0.25) is 5.91 Å². The van der Waals surface area contributed by atoms with Gasteiger partial charge in [-0.05, 0) is 36.9 Å². The molecule has 1 amide bonds. The van der Waals surface area contributed by atoms with Crippen molar-refractivity contribution < 1.29 is 4.79 Å². The van der Waals surface area contributed by atoms with E-state index in [2.05, 4.69) is 47.9 Å². The minimum Gasteiger partial charge on any atom is -0.319 e. The summed E-state index contributed by atoms with van der Waals surface area (Å²) < 4.78 is 0. The normalized spacial score (nSPS) is 25.6. The maximum Gasteiger partial charge on any atom is 0.241 e. The Kier molecular flexibility index (Phi) is 3.62. The van der Waals surface area contributed by atoms with Crippen LogP contribution in [0, 0.1) is 0 Å². The van der Waals surface area contributed by atoms with Crippen molar-refractivity contribution in [2.45, 2.75) is 36.6 Å². The second kappa shape index (κ2) is 5.39.